The van der Waals surface area contributed by atoms with Crippen molar-refractivity contribution in [3.8, 4) is 0 Å². The maximum absolute atomic E-state index is 12.4. The van der Waals surface area contributed by atoms with Crippen LogP contribution in [0.1, 0.15) is 22.6 Å². The number of benzene rings is 1. The van der Waals surface area contributed by atoms with E-state index in [1.165, 1.54) is 5.56 Å². The van der Waals surface area contributed by atoms with Crippen molar-refractivity contribution in [1.82, 2.24) is 14.5 Å². The first-order valence-electron chi connectivity index (χ1n) is 8.54. The van der Waals surface area contributed by atoms with Crippen molar-refractivity contribution in [2.75, 3.05) is 26.2 Å². The zero-order valence-corrected chi connectivity index (χ0v) is 14.5. The summed E-state index contributed by atoms with van der Waals surface area (Å²) in [7, 11) is 1.80. The molecule has 0 bridgehead atoms. The molecule has 0 atom stereocenters. The fourth-order valence-corrected chi connectivity index (χ4v) is 3.10. The second kappa shape index (κ2) is 7.73. The van der Waals surface area contributed by atoms with E-state index in [1.54, 1.807) is 11.6 Å². The minimum absolute atomic E-state index is 0.111. The lowest BCUT2D eigenvalue weighted by molar-refractivity contribution is 0.0938. The number of hydrogen-bond acceptors (Lipinski definition) is 4. The third kappa shape index (κ3) is 3.91. The zero-order valence-electron chi connectivity index (χ0n) is 14.5. The lowest BCUT2D eigenvalue weighted by Gasteiger charge is -2.19. The summed E-state index contributed by atoms with van der Waals surface area (Å²) in [5.41, 5.74) is 3.17. The van der Waals surface area contributed by atoms with Crippen molar-refractivity contribution in [3.63, 3.8) is 0 Å². The number of rotatable bonds is 5. The highest BCUT2D eigenvalue weighted by Crippen LogP contribution is 2.11. The van der Waals surface area contributed by atoms with E-state index in [2.05, 4.69) is 22.0 Å². The molecule has 1 aromatic carbocycles. The largest absolute Gasteiger partial charge is 0.375 e. The summed E-state index contributed by atoms with van der Waals surface area (Å²) in [5.74, 6) is 0.790. The van der Waals surface area contributed by atoms with Crippen molar-refractivity contribution in [2.24, 2.45) is 7.05 Å². The van der Waals surface area contributed by atoms with Gasteiger partial charge < -0.3 is 9.64 Å². The summed E-state index contributed by atoms with van der Waals surface area (Å²) in [6.45, 7) is 5.96. The number of ether oxygens (including phenoxy) is 1. The van der Waals surface area contributed by atoms with Gasteiger partial charge in [-0.05, 0) is 18.9 Å². The van der Waals surface area contributed by atoms with E-state index < -0.39 is 0 Å². The van der Waals surface area contributed by atoms with Crippen LogP contribution in [-0.2, 0) is 31.2 Å². The van der Waals surface area contributed by atoms with Crippen LogP contribution in [0.15, 0.2) is 35.1 Å². The van der Waals surface area contributed by atoms with Gasteiger partial charge in [0.25, 0.3) is 5.56 Å². The highest BCUT2D eigenvalue weighted by atomic mass is 16.5. The molecule has 0 spiro atoms. The van der Waals surface area contributed by atoms with E-state index >= 15 is 0 Å². The van der Waals surface area contributed by atoms with Crippen molar-refractivity contribution in [1.29, 1.82) is 0 Å². The van der Waals surface area contributed by atoms with Crippen LogP contribution in [0.25, 0.3) is 0 Å². The van der Waals surface area contributed by atoms with Crippen molar-refractivity contribution >= 4 is 0 Å². The van der Waals surface area contributed by atoms with E-state index in [4.69, 9.17) is 4.74 Å². The molecule has 1 aliphatic rings. The molecule has 1 aromatic heterocycles. The van der Waals surface area contributed by atoms with E-state index in [1.807, 2.05) is 25.1 Å². The van der Waals surface area contributed by atoms with Gasteiger partial charge in [0.2, 0.25) is 0 Å². The van der Waals surface area contributed by atoms with E-state index in [9.17, 15) is 4.79 Å². The summed E-state index contributed by atoms with van der Waals surface area (Å²) in [6.07, 6.45) is 1.61. The van der Waals surface area contributed by atoms with Crippen molar-refractivity contribution < 1.29 is 4.74 Å². The topological polar surface area (TPSA) is 47.4 Å². The molecule has 0 radical (unpaired) electrons. The van der Waals surface area contributed by atoms with E-state index in [0.717, 1.165) is 49.6 Å². The Hall–Kier alpha value is -1.98. The van der Waals surface area contributed by atoms with Crippen LogP contribution in [0.3, 0.4) is 0 Å². The molecule has 0 fully saturated rings. The molecule has 5 heteroatoms. The van der Waals surface area contributed by atoms with E-state index in [-0.39, 0.29) is 5.56 Å². The van der Waals surface area contributed by atoms with Crippen LogP contribution in [-0.4, -0.2) is 40.7 Å². The highest BCUT2D eigenvalue weighted by molar-refractivity contribution is 5.21. The Kier molecular flexibility index (Phi) is 5.43. The van der Waals surface area contributed by atoms with Crippen molar-refractivity contribution in [3.05, 3.63) is 63.3 Å². The smallest absolute Gasteiger partial charge is 0.256 e. The summed E-state index contributed by atoms with van der Waals surface area (Å²) >= 11 is 0. The number of aryl methyl sites for hydroxylation is 1. The number of hydrogen-bond donors (Lipinski definition) is 0. The molecule has 0 unspecified atom stereocenters. The van der Waals surface area contributed by atoms with Gasteiger partial charge in [0, 0.05) is 38.7 Å². The molecule has 0 aliphatic carbocycles. The Bertz CT molecular complexity index is 740. The second-order valence-corrected chi connectivity index (χ2v) is 6.33. The van der Waals surface area contributed by atoms with Crippen LogP contribution in [0.2, 0.25) is 0 Å². The fraction of sp³-hybridized carbons (Fsp3) is 0.474. The van der Waals surface area contributed by atoms with Crippen LogP contribution in [0.5, 0.6) is 0 Å². The minimum atomic E-state index is 0.111. The SMILES string of the molecule is Cc1nc2c(c(=O)n1C)CCN(CCOCc1ccccc1)CC2. The predicted molar refractivity (Wildman–Crippen MR) is 94.2 cm³/mol. The monoisotopic (exact) mass is 327 g/mol. The van der Waals surface area contributed by atoms with Gasteiger partial charge >= 0.3 is 0 Å². The van der Waals surface area contributed by atoms with Gasteiger partial charge in [0.1, 0.15) is 5.82 Å². The molecule has 0 saturated heterocycles. The van der Waals surface area contributed by atoms with Gasteiger partial charge in [-0.25, -0.2) is 4.98 Å². The van der Waals surface area contributed by atoms with Crippen LogP contribution < -0.4 is 5.56 Å². The van der Waals surface area contributed by atoms with Crippen molar-refractivity contribution in [2.45, 2.75) is 26.4 Å². The number of aromatic nitrogens is 2. The molecular weight excluding hydrogens is 302 g/mol. The van der Waals surface area contributed by atoms with Gasteiger partial charge in [-0.15, -0.1) is 0 Å². The minimum Gasteiger partial charge on any atom is -0.375 e. The second-order valence-electron chi connectivity index (χ2n) is 6.33. The average Bonchev–Trinajstić information content (AvgIpc) is 2.80. The molecule has 5 nitrogen and oxygen atoms in total. The Balaban J connectivity index is 1.52. The lowest BCUT2D eigenvalue weighted by Crippen LogP contribution is -2.30. The summed E-state index contributed by atoms with van der Waals surface area (Å²) < 4.78 is 7.43. The Morgan fingerprint density at radius 3 is 2.71 bits per heavy atom. The Morgan fingerprint density at radius 1 is 1.17 bits per heavy atom. The third-order valence-electron chi connectivity index (χ3n) is 4.70. The molecule has 0 amide bonds. The lowest BCUT2D eigenvalue weighted by atomic mass is 10.1. The molecule has 1 aliphatic heterocycles. The van der Waals surface area contributed by atoms with Gasteiger partial charge in [-0.1, -0.05) is 30.3 Å². The molecule has 2 heterocycles. The van der Waals surface area contributed by atoms with Crippen LogP contribution in [0.4, 0.5) is 0 Å². The fourth-order valence-electron chi connectivity index (χ4n) is 3.10. The van der Waals surface area contributed by atoms with E-state index in [0.29, 0.717) is 13.2 Å². The summed E-state index contributed by atoms with van der Waals surface area (Å²) in [4.78, 5) is 19.4. The molecule has 0 saturated carbocycles. The Morgan fingerprint density at radius 2 is 1.92 bits per heavy atom. The highest BCUT2D eigenvalue weighted by Gasteiger charge is 2.19. The molecule has 128 valence electrons. The van der Waals surface area contributed by atoms with Crippen LogP contribution in [0, 0.1) is 6.92 Å². The summed E-state index contributed by atoms with van der Waals surface area (Å²) in [5, 5.41) is 0. The predicted octanol–water partition coefficient (Wildman–Crippen LogP) is 1.71. The zero-order chi connectivity index (χ0) is 16.9. The quantitative estimate of drug-likeness (QED) is 0.785. The number of nitrogens with zero attached hydrogens (tertiary/aromatic N) is 3. The van der Waals surface area contributed by atoms with Gasteiger partial charge in [0.15, 0.2) is 0 Å². The Labute approximate surface area is 142 Å². The molecule has 2 aromatic rings. The first-order chi connectivity index (χ1) is 11.6. The van der Waals surface area contributed by atoms with Gasteiger partial charge in [-0.2, -0.15) is 0 Å². The molecule has 0 N–H and O–H groups in total. The molecule has 24 heavy (non-hydrogen) atoms. The first-order valence-corrected chi connectivity index (χ1v) is 8.54. The molecular formula is C19H25N3O2. The van der Waals surface area contributed by atoms with Crippen LogP contribution >= 0.6 is 0 Å². The van der Waals surface area contributed by atoms with Gasteiger partial charge in [-0.3, -0.25) is 9.36 Å². The number of fused-ring (bicyclic) bond motifs is 1. The normalized spacial score (nSPS) is 15.1. The summed E-state index contributed by atoms with van der Waals surface area (Å²) in [6, 6.07) is 10.2. The van der Waals surface area contributed by atoms with Gasteiger partial charge in [0.05, 0.1) is 18.9 Å². The maximum Gasteiger partial charge on any atom is 0.256 e. The average molecular weight is 327 g/mol. The first kappa shape index (κ1) is 16.9. The maximum atomic E-state index is 12.4. The standard InChI is InChI=1S/C19H25N3O2/c1-15-20-18-9-11-22(10-8-17(18)19(23)21(15)2)12-13-24-14-16-6-4-3-5-7-16/h3-7H,8-14H2,1-2H3. The molecule has 3 rings (SSSR count). The third-order valence-corrected chi connectivity index (χ3v) is 4.70.